The number of hydrogen-bond acceptors (Lipinski definition) is 3. The molecule has 0 saturated heterocycles. The molecule has 164 valence electrons. The molecule has 0 aliphatic carbocycles. The number of nitrogens with one attached hydrogen (secondary N) is 1. The molecular formula is C26H31ClFN3. The van der Waals surface area contributed by atoms with Crippen LogP contribution >= 0.6 is 11.6 Å². The second-order valence-electron chi connectivity index (χ2n) is 7.83. The van der Waals surface area contributed by atoms with Crippen molar-refractivity contribution in [1.29, 1.82) is 0 Å². The van der Waals surface area contributed by atoms with Gasteiger partial charge >= 0.3 is 0 Å². The summed E-state index contributed by atoms with van der Waals surface area (Å²) in [5, 5.41) is 5.33. The summed E-state index contributed by atoms with van der Waals surface area (Å²) in [6.07, 6.45) is 5.82. The number of hydrogen-bond donors (Lipinski definition) is 1. The van der Waals surface area contributed by atoms with Crippen LogP contribution in [0.2, 0.25) is 5.02 Å². The molecule has 1 heterocycles. The third-order valence-electron chi connectivity index (χ3n) is 5.54. The van der Waals surface area contributed by atoms with Crippen molar-refractivity contribution in [2.75, 3.05) is 25.0 Å². The first kappa shape index (κ1) is 23.2. The first-order valence-electron chi connectivity index (χ1n) is 11.0. The highest BCUT2D eigenvalue weighted by Crippen LogP contribution is 2.28. The molecule has 1 N–H and O–H groups in total. The maximum absolute atomic E-state index is 14.0. The van der Waals surface area contributed by atoms with E-state index in [1.807, 2.05) is 36.4 Å². The van der Waals surface area contributed by atoms with Crippen LogP contribution < -0.4 is 5.32 Å². The van der Waals surface area contributed by atoms with Crippen LogP contribution in [0.15, 0.2) is 48.5 Å². The number of rotatable bonds is 10. The van der Waals surface area contributed by atoms with Crippen molar-refractivity contribution < 1.29 is 4.39 Å². The lowest BCUT2D eigenvalue weighted by Crippen LogP contribution is -2.25. The fourth-order valence-corrected chi connectivity index (χ4v) is 3.88. The molecule has 1 atom stereocenters. The molecule has 3 rings (SSSR count). The molecule has 1 aromatic heterocycles. The molecule has 0 amide bonds. The van der Waals surface area contributed by atoms with Crippen LogP contribution in [-0.2, 0) is 0 Å². The van der Waals surface area contributed by atoms with Crippen LogP contribution in [0, 0.1) is 5.82 Å². The molecule has 0 aliphatic rings. The molecule has 2 aromatic carbocycles. The lowest BCUT2D eigenvalue weighted by Gasteiger charge is -2.21. The highest BCUT2D eigenvalue weighted by Gasteiger charge is 2.10. The Labute approximate surface area is 189 Å². The minimum absolute atomic E-state index is 0.247. The van der Waals surface area contributed by atoms with E-state index >= 15 is 0 Å². The molecule has 0 radical (unpaired) electrons. The molecule has 0 spiro atoms. The zero-order chi connectivity index (χ0) is 22.2. The second-order valence-corrected chi connectivity index (χ2v) is 8.26. The van der Waals surface area contributed by atoms with Crippen molar-refractivity contribution in [1.82, 2.24) is 9.88 Å². The highest BCUT2D eigenvalue weighted by molar-refractivity contribution is 6.31. The van der Waals surface area contributed by atoms with E-state index in [1.54, 1.807) is 18.2 Å². The fourth-order valence-electron chi connectivity index (χ4n) is 3.71. The van der Waals surface area contributed by atoms with Gasteiger partial charge in [0.25, 0.3) is 0 Å². The Morgan fingerprint density at radius 1 is 1.10 bits per heavy atom. The summed E-state index contributed by atoms with van der Waals surface area (Å²) in [7, 11) is 0. The monoisotopic (exact) mass is 439 g/mol. The Bertz CT molecular complexity index is 1030. The predicted molar refractivity (Wildman–Crippen MR) is 132 cm³/mol. The lowest BCUT2D eigenvalue weighted by atomic mass is 10.1. The van der Waals surface area contributed by atoms with Gasteiger partial charge in [0, 0.05) is 27.7 Å². The smallest absolute Gasteiger partial charge is 0.130 e. The summed E-state index contributed by atoms with van der Waals surface area (Å²) >= 11 is 6.22. The van der Waals surface area contributed by atoms with Gasteiger partial charge in [0.15, 0.2) is 0 Å². The quantitative estimate of drug-likeness (QED) is 0.364. The van der Waals surface area contributed by atoms with Crippen LogP contribution in [0.3, 0.4) is 0 Å². The maximum Gasteiger partial charge on any atom is 0.130 e. The molecule has 5 heteroatoms. The van der Waals surface area contributed by atoms with Gasteiger partial charge in [-0.2, -0.15) is 0 Å². The number of benzene rings is 2. The van der Waals surface area contributed by atoms with E-state index in [0.29, 0.717) is 16.6 Å². The maximum atomic E-state index is 14.0. The first-order chi connectivity index (χ1) is 15.0. The van der Waals surface area contributed by atoms with Crippen molar-refractivity contribution in [3.05, 3.63) is 70.6 Å². The van der Waals surface area contributed by atoms with E-state index in [2.05, 4.69) is 31.0 Å². The van der Waals surface area contributed by atoms with E-state index in [0.717, 1.165) is 54.8 Å². The van der Waals surface area contributed by atoms with E-state index < -0.39 is 0 Å². The van der Waals surface area contributed by atoms with Gasteiger partial charge in [-0.1, -0.05) is 43.6 Å². The summed E-state index contributed by atoms with van der Waals surface area (Å²) < 4.78 is 14.0. The number of anilines is 1. The normalized spacial score (nSPS) is 12.7. The first-order valence-corrected chi connectivity index (χ1v) is 11.4. The van der Waals surface area contributed by atoms with Gasteiger partial charge in [-0.15, -0.1) is 0 Å². The molecule has 0 bridgehead atoms. The van der Waals surface area contributed by atoms with Crippen LogP contribution in [-0.4, -0.2) is 35.6 Å². The number of nitrogens with zero attached hydrogens (tertiary/aromatic N) is 2. The summed E-state index contributed by atoms with van der Waals surface area (Å²) in [6.45, 7) is 9.91. The van der Waals surface area contributed by atoms with Gasteiger partial charge in [0.1, 0.15) is 5.82 Å². The Balaban J connectivity index is 1.81. The van der Waals surface area contributed by atoms with Crippen LogP contribution in [0.5, 0.6) is 0 Å². The fraction of sp³-hybridized carbons (Fsp3) is 0.346. The minimum atomic E-state index is -0.247. The summed E-state index contributed by atoms with van der Waals surface area (Å²) in [4.78, 5) is 7.16. The summed E-state index contributed by atoms with van der Waals surface area (Å²) in [5.41, 5.74) is 3.14. The minimum Gasteiger partial charge on any atom is -0.382 e. The van der Waals surface area contributed by atoms with Crippen LogP contribution in [0.4, 0.5) is 10.1 Å². The molecule has 1 unspecified atom stereocenters. The third kappa shape index (κ3) is 6.52. The Morgan fingerprint density at radius 3 is 2.61 bits per heavy atom. The summed E-state index contributed by atoms with van der Waals surface area (Å²) in [6, 6.07) is 14.8. The molecule has 0 aliphatic heterocycles. The van der Waals surface area contributed by atoms with Gasteiger partial charge in [-0.25, -0.2) is 9.37 Å². The van der Waals surface area contributed by atoms with Crippen LogP contribution in [0.1, 0.15) is 44.9 Å². The highest BCUT2D eigenvalue weighted by atomic mass is 35.5. The topological polar surface area (TPSA) is 28.2 Å². The zero-order valence-corrected chi connectivity index (χ0v) is 19.3. The third-order valence-corrected chi connectivity index (χ3v) is 5.77. The van der Waals surface area contributed by atoms with E-state index in [4.69, 9.17) is 16.6 Å². The average molecular weight is 440 g/mol. The van der Waals surface area contributed by atoms with E-state index in [9.17, 15) is 4.39 Å². The van der Waals surface area contributed by atoms with Gasteiger partial charge in [0.05, 0.1) is 11.2 Å². The Kier molecular flexibility index (Phi) is 8.44. The number of pyridine rings is 1. The number of fused-ring (bicyclic) bond motifs is 1. The SMILES string of the molecule is CCN(CC)CCCC(C)Nc1cc(C=Cc2ccccc2F)nc2cc(Cl)ccc12. The van der Waals surface area contributed by atoms with Gasteiger partial charge in [0.2, 0.25) is 0 Å². The number of aromatic nitrogens is 1. The van der Waals surface area contributed by atoms with Crippen LogP contribution in [0.25, 0.3) is 23.1 Å². The molecule has 31 heavy (non-hydrogen) atoms. The van der Waals surface area contributed by atoms with Crippen molar-refractivity contribution in [2.24, 2.45) is 0 Å². The number of halogens is 2. The Hall–Kier alpha value is -2.43. The van der Waals surface area contributed by atoms with Crippen molar-refractivity contribution in [2.45, 2.75) is 39.7 Å². The van der Waals surface area contributed by atoms with E-state index in [-0.39, 0.29) is 5.82 Å². The van der Waals surface area contributed by atoms with Gasteiger partial charge in [-0.3, -0.25) is 0 Å². The standard InChI is InChI=1S/C26H31ClFN3/c1-4-31(5-2)16-8-9-19(3)29-26-18-22(14-12-20-10-6-7-11-24(20)28)30-25-17-21(27)13-15-23(25)26/h6-7,10-15,17-19H,4-5,8-9,16H2,1-3H3,(H,29,30). The average Bonchev–Trinajstić information content (AvgIpc) is 2.76. The van der Waals surface area contributed by atoms with Gasteiger partial charge in [-0.05, 0) is 81.9 Å². The molecule has 3 nitrogen and oxygen atoms in total. The Morgan fingerprint density at radius 2 is 1.87 bits per heavy atom. The van der Waals surface area contributed by atoms with Crippen molar-refractivity contribution in [3.8, 4) is 0 Å². The summed E-state index contributed by atoms with van der Waals surface area (Å²) in [5.74, 6) is -0.247. The molecule has 3 aromatic rings. The molecule has 0 saturated carbocycles. The lowest BCUT2D eigenvalue weighted by molar-refractivity contribution is 0.295. The van der Waals surface area contributed by atoms with Crippen molar-refractivity contribution >= 4 is 40.3 Å². The van der Waals surface area contributed by atoms with E-state index in [1.165, 1.54) is 6.07 Å². The second kappa shape index (κ2) is 11.3. The van der Waals surface area contributed by atoms with Crippen molar-refractivity contribution in [3.63, 3.8) is 0 Å². The predicted octanol–water partition coefficient (Wildman–Crippen LogP) is 7.12. The van der Waals surface area contributed by atoms with Gasteiger partial charge < -0.3 is 10.2 Å². The largest absolute Gasteiger partial charge is 0.382 e. The molecular weight excluding hydrogens is 409 g/mol. The zero-order valence-electron chi connectivity index (χ0n) is 18.5. The molecule has 0 fully saturated rings.